The molecule has 0 N–H and O–H groups in total. The maximum absolute atomic E-state index is 12.9. The summed E-state index contributed by atoms with van der Waals surface area (Å²) in [6.45, 7) is 5.15. The van der Waals surface area contributed by atoms with Crippen molar-refractivity contribution in [1.29, 1.82) is 0 Å². The van der Waals surface area contributed by atoms with Crippen LogP contribution in [0.1, 0.15) is 46.3 Å². The highest BCUT2D eigenvalue weighted by molar-refractivity contribution is 5.95. The largest absolute Gasteiger partial charge is 0.338 e. The van der Waals surface area contributed by atoms with Gasteiger partial charge in [0.1, 0.15) is 17.8 Å². The molecule has 1 saturated heterocycles. The Balaban J connectivity index is 1.57. The Morgan fingerprint density at radius 1 is 1.11 bits per heavy atom. The lowest BCUT2D eigenvalue weighted by atomic mass is 9.94. The van der Waals surface area contributed by atoms with E-state index in [2.05, 4.69) is 19.9 Å². The van der Waals surface area contributed by atoms with E-state index >= 15 is 0 Å². The third-order valence-corrected chi connectivity index (χ3v) is 5.40. The van der Waals surface area contributed by atoms with Gasteiger partial charge in [-0.2, -0.15) is 0 Å². The Labute approximate surface area is 163 Å². The molecule has 0 spiro atoms. The van der Waals surface area contributed by atoms with Gasteiger partial charge in [-0.15, -0.1) is 0 Å². The van der Waals surface area contributed by atoms with Gasteiger partial charge in [0.15, 0.2) is 0 Å². The number of likely N-dealkylation sites (tertiary alicyclic amines) is 1. The number of nitrogens with zero attached hydrogens (tertiary/aromatic N) is 7. The van der Waals surface area contributed by atoms with Crippen molar-refractivity contribution in [3.8, 4) is 11.4 Å². The van der Waals surface area contributed by atoms with Crippen molar-refractivity contribution in [2.45, 2.75) is 32.6 Å². The molecule has 4 heterocycles. The fourth-order valence-corrected chi connectivity index (χ4v) is 3.62. The Morgan fingerprint density at radius 3 is 2.71 bits per heavy atom. The number of hydrogen-bond donors (Lipinski definition) is 0. The van der Waals surface area contributed by atoms with Crippen LogP contribution in [0.5, 0.6) is 0 Å². The van der Waals surface area contributed by atoms with Crippen LogP contribution in [0.4, 0.5) is 0 Å². The van der Waals surface area contributed by atoms with E-state index in [1.54, 1.807) is 12.4 Å². The normalized spacial score (nSPS) is 17.0. The van der Waals surface area contributed by atoms with Crippen molar-refractivity contribution >= 4 is 5.91 Å². The van der Waals surface area contributed by atoms with E-state index < -0.39 is 0 Å². The second-order valence-corrected chi connectivity index (χ2v) is 7.19. The SMILES string of the molecule is Cc1ncncc1C(=O)N1CCCC(c2cncc(-c3cnc(C)n3C)n2)C1. The van der Waals surface area contributed by atoms with Gasteiger partial charge in [0.05, 0.1) is 35.0 Å². The highest BCUT2D eigenvalue weighted by Gasteiger charge is 2.28. The van der Waals surface area contributed by atoms with Crippen LogP contribution in [-0.4, -0.2) is 53.4 Å². The third kappa shape index (κ3) is 3.37. The summed E-state index contributed by atoms with van der Waals surface area (Å²) >= 11 is 0. The lowest BCUT2D eigenvalue weighted by molar-refractivity contribution is 0.0704. The van der Waals surface area contributed by atoms with Gasteiger partial charge in [-0.25, -0.2) is 19.9 Å². The number of imidazole rings is 1. The average Bonchev–Trinajstić information content (AvgIpc) is 3.07. The van der Waals surface area contributed by atoms with E-state index in [1.807, 2.05) is 42.8 Å². The molecule has 0 aliphatic carbocycles. The maximum atomic E-state index is 12.9. The molecule has 144 valence electrons. The molecule has 28 heavy (non-hydrogen) atoms. The second-order valence-electron chi connectivity index (χ2n) is 7.19. The van der Waals surface area contributed by atoms with E-state index in [0.29, 0.717) is 17.8 Å². The molecule has 1 unspecified atom stereocenters. The number of piperidine rings is 1. The van der Waals surface area contributed by atoms with Crippen molar-refractivity contribution in [3.63, 3.8) is 0 Å². The van der Waals surface area contributed by atoms with Crippen LogP contribution in [0.15, 0.2) is 31.1 Å². The van der Waals surface area contributed by atoms with Crippen molar-refractivity contribution in [2.75, 3.05) is 13.1 Å². The second kappa shape index (κ2) is 7.46. The molecule has 3 aromatic rings. The molecule has 4 rings (SSSR count). The summed E-state index contributed by atoms with van der Waals surface area (Å²) in [7, 11) is 1.97. The molecule has 1 atom stereocenters. The monoisotopic (exact) mass is 377 g/mol. The highest BCUT2D eigenvalue weighted by Crippen LogP contribution is 2.28. The van der Waals surface area contributed by atoms with E-state index in [-0.39, 0.29) is 11.8 Å². The number of aryl methyl sites for hydroxylation is 2. The van der Waals surface area contributed by atoms with Gasteiger partial charge < -0.3 is 9.47 Å². The minimum Gasteiger partial charge on any atom is -0.338 e. The fraction of sp³-hybridized carbons (Fsp3) is 0.400. The summed E-state index contributed by atoms with van der Waals surface area (Å²) < 4.78 is 2.00. The first-order valence-electron chi connectivity index (χ1n) is 9.41. The number of aromatic nitrogens is 6. The Kier molecular flexibility index (Phi) is 4.85. The molecular weight excluding hydrogens is 354 g/mol. The quantitative estimate of drug-likeness (QED) is 0.696. The van der Waals surface area contributed by atoms with Crippen LogP contribution in [0.2, 0.25) is 0 Å². The topological polar surface area (TPSA) is 89.7 Å². The minimum atomic E-state index is -0.0193. The molecule has 1 amide bonds. The number of hydrogen-bond acceptors (Lipinski definition) is 6. The van der Waals surface area contributed by atoms with Crippen LogP contribution in [0.25, 0.3) is 11.4 Å². The first kappa shape index (κ1) is 18.2. The van der Waals surface area contributed by atoms with Crippen molar-refractivity contribution in [2.24, 2.45) is 7.05 Å². The van der Waals surface area contributed by atoms with E-state index in [1.165, 1.54) is 6.33 Å². The predicted octanol–water partition coefficient (Wildman–Crippen LogP) is 2.30. The first-order chi connectivity index (χ1) is 13.5. The van der Waals surface area contributed by atoms with Gasteiger partial charge in [-0.05, 0) is 26.7 Å². The number of carbonyl (C=O) groups is 1. The molecule has 3 aromatic heterocycles. The molecule has 1 aliphatic rings. The van der Waals surface area contributed by atoms with Crippen LogP contribution in [0.3, 0.4) is 0 Å². The van der Waals surface area contributed by atoms with Crippen LogP contribution in [0, 0.1) is 13.8 Å². The van der Waals surface area contributed by atoms with Gasteiger partial charge >= 0.3 is 0 Å². The number of amides is 1. The fourth-order valence-electron chi connectivity index (χ4n) is 3.62. The molecule has 0 bridgehead atoms. The van der Waals surface area contributed by atoms with Gasteiger partial charge in [0.25, 0.3) is 5.91 Å². The highest BCUT2D eigenvalue weighted by atomic mass is 16.2. The van der Waals surface area contributed by atoms with Gasteiger partial charge in [-0.3, -0.25) is 9.78 Å². The standard InChI is InChI=1S/C20H23N7O/c1-13-16(7-22-12-24-13)20(28)27-6-4-5-15(11-27)17-8-21-9-18(25-17)19-10-23-14(2)26(19)3/h7-10,12,15H,4-6,11H2,1-3H3. The van der Waals surface area contributed by atoms with E-state index in [4.69, 9.17) is 4.98 Å². The zero-order valence-corrected chi connectivity index (χ0v) is 16.3. The van der Waals surface area contributed by atoms with E-state index in [0.717, 1.165) is 42.3 Å². The zero-order chi connectivity index (χ0) is 19.7. The molecule has 8 heteroatoms. The molecule has 0 radical (unpaired) electrons. The summed E-state index contributed by atoms with van der Waals surface area (Å²) in [5, 5.41) is 0. The van der Waals surface area contributed by atoms with Crippen molar-refractivity contribution < 1.29 is 4.79 Å². The van der Waals surface area contributed by atoms with Gasteiger partial charge in [0.2, 0.25) is 0 Å². The van der Waals surface area contributed by atoms with Gasteiger partial charge in [-0.1, -0.05) is 0 Å². The smallest absolute Gasteiger partial charge is 0.257 e. The number of carbonyl (C=O) groups excluding carboxylic acids is 1. The lowest BCUT2D eigenvalue weighted by Gasteiger charge is -2.32. The van der Waals surface area contributed by atoms with Crippen LogP contribution >= 0.6 is 0 Å². The third-order valence-electron chi connectivity index (χ3n) is 5.40. The summed E-state index contributed by atoms with van der Waals surface area (Å²) in [5.74, 6) is 1.07. The zero-order valence-electron chi connectivity index (χ0n) is 16.3. The summed E-state index contributed by atoms with van der Waals surface area (Å²) in [6, 6.07) is 0. The van der Waals surface area contributed by atoms with Crippen molar-refractivity contribution in [1.82, 2.24) is 34.4 Å². The Bertz CT molecular complexity index is 1010. The molecular formula is C20H23N7O. The molecule has 8 nitrogen and oxygen atoms in total. The van der Waals surface area contributed by atoms with Crippen LogP contribution < -0.4 is 0 Å². The van der Waals surface area contributed by atoms with Crippen LogP contribution in [-0.2, 0) is 7.05 Å². The lowest BCUT2D eigenvalue weighted by Crippen LogP contribution is -2.39. The molecule has 0 aromatic carbocycles. The first-order valence-corrected chi connectivity index (χ1v) is 9.41. The predicted molar refractivity (Wildman–Crippen MR) is 104 cm³/mol. The Hall–Kier alpha value is -3.16. The minimum absolute atomic E-state index is 0.0193. The van der Waals surface area contributed by atoms with Gasteiger partial charge in [0, 0.05) is 38.4 Å². The molecule has 0 saturated carbocycles. The summed E-state index contributed by atoms with van der Waals surface area (Å²) in [4.78, 5) is 36.5. The average molecular weight is 377 g/mol. The summed E-state index contributed by atoms with van der Waals surface area (Å²) in [5.41, 5.74) is 3.92. The number of rotatable bonds is 3. The summed E-state index contributed by atoms with van der Waals surface area (Å²) in [6.07, 6.45) is 10.4. The van der Waals surface area contributed by atoms with Crippen molar-refractivity contribution in [3.05, 3.63) is 53.9 Å². The maximum Gasteiger partial charge on any atom is 0.257 e. The van der Waals surface area contributed by atoms with E-state index in [9.17, 15) is 4.79 Å². The molecule has 1 fully saturated rings. The molecule has 1 aliphatic heterocycles. The Morgan fingerprint density at radius 2 is 1.96 bits per heavy atom.